The number of rotatable bonds is 5. The van der Waals surface area contributed by atoms with E-state index in [9.17, 15) is 4.79 Å². The summed E-state index contributed by atoms with van der Waals surface area (Å²) in [5.41, 5.74) is 0.848. The molecule has 0 aliphatic carbocycles. The molecule has 2 aromatic rings. The van der Waals surface area contributed by atoms with E-state index in [2.05, 4.69) is 20.2 Å². The molecular formula is C17H22N4O3. The van der Waals surface area contributed by atoms with E-state index in [1.807, 2.05) is 19.1 Å². The summed E-state index contributed by atoms with van der Waals surface area (Å²) >= 11 is 0. The van der Waals surface area contributed by atoms with E-state index in [0.29, 0.717) is 24.9 Å². The summed E-state index contributed by atoms with van der Waals surface area (Å²) in [5, 5.41) is 2.94. The standard InChI is InChI=1S/C17H22N4O3/c1-12-9-15(23-2)20-17(19-12)21-7-3-5-13(11-21)16(22)18-10-14-6-4-8-24-14/h4,6,8-9,13H,3,5,7,10-11H2,1-2H3,(H,18,22). The van der Waals surface area contributed by atoms with Crippen molar-refractivity contribution >= 4 is 11.9 Å². The topological polar surface area (TPSA) is 80.5 Å². The first-order chi connectivity index (χ1) is 11.7. The van der Waals surface area contributed by atoms with Gasteiger partial charge in [0.2, 0.25) is 17.7 Å². The lowest BCUT2D eigenvalue weighted by Crippen LogP contribution is -2.43. The molecule has 1 fully saturated rings. The summed E-state index contributed by atoms with van der Waals surface area (Å²) in [7, 11) is 1.59. The molecule has 1 N–H and O–H groups in total. The number of anilines is 1. The van der Waals surface area contributed by atoms with Crippen LogP contribution in [0.25, 0.3) is 0 Å². The highest BCUT2D eigenvalue weighted by atomic mass is 16.5. The summed E-state index contributed by atoms with van der Waals surface area (Å²) in [6, 6.07) is 5.45. The molecule has 1 atom stereocenters. The van der Waals surface area contributed by atoms with Gasteiger partial charge in [-0.3, -0.25) is 4.79 Å². The van der Waals surface area contributed by atoms with Crippen LogP contribution in [0.5, 0.6) is 5.88 Å². The van der Waals surface area contributed by atoms with Gasteiger partial charge in [0.15, 0.2) is 0 Å². The Morgan fingerprint density at radius 2 is 2.38 bits per heavy atom. The molecule has 1 unspecified atom stereocenters. The van der Waals surface area contributed by atoms with Crippen molar-refractivity contribution in [2.24, 2.45) is 5.92 Å². The molecule has 0 radical (unpaired) electrons. The Labute approximate surface area is 141 Å². The molecule has 1 saturated heterocycles. The largest absolute Gasteiger partial charge is 0.481 e. The average Bonchev–Trinajstić information content (AvgIpc) is 3.12. The summed E-state index contributed by atoms with van der Waals surface area (Å²) in [4.78, 5) is 23.3. The number of aromatic nitrogens is 2. The Morgan fingerprint density at radius 3 is 3.12 bits per heavy atom. The molecule has 1 amide bonds. The number of methoxy groups -OCH3 is 1. The van der Waals surface area contributed by atoms with Crippen LogP contribution in [-0.2, 0) is 11.3 Å². The highest BCUT2D eigenvalue weighted by Gasteiger charge is 2.27. The molecule has 0 saturated carbocycles. The zero-order valence-electron chi connectivity index (χ0n) is 14.0. The second kappa shape index (κ2) is 7.33. The van der Waals surface area contributed by atoms with Crippen molar-refractivity contribution in [2.75, 3.05) is 25.1 Å². The first-order valence-corrected chi connectivity index (χ1v) is 8.10. The Bertz CT molecular complexity index is 687. The summed E-state index contributed by atoms with van der Waals surface area (Å²) in [5.74, 6) is 1.87. The summed E-state index contributed by atoms with van der Waals surface area (Å²) in [6.07, 6.45) is 3.40. The lowest BCUT2D eigenvalue weighted by molar-refractivity contribution is -0.125. The van der Waals surface area contributed by atoms with E-state index >= 15 is 0 Å². The molecule has 7 nitrogen and oxygen atoms in total. The molecule has 1 aliphatic heterocycles. The normalized spacial score (nSPS) is 17.6. The van der Waals surface area contributed by atoms with Crippen LogP contribution < -0.4 is 15.0 Å². The fraction of sp³-hybridized carbons (Fsp3) is 0.471. The SMILES string of the molecule is COc1cc(C)nc(N2CCCC(C(=O)NCc3ccco3)C2)n1. The maximum atomic E-state index is 12.4. The Balaban J connectivity index is 1.63. The molecule has 7 heteroatoms. The Hall–Kier alpha value is -2.57. The zero-order chi connectivity index (χ0) is 16.9. The predicted octanol–water partition coefficient (Wildman–Crippen LogP) is 1.92. The van der Waals surface area contributed by atoms with Crippen LogP contribution in [-0.4, -0.2) is 36.1 Å². The maximum absolute atomic E-state index is 12.4. The van der Waals surface area contributed by atoms with Crippen molar-refractivity contribution in [3.63, 3.8) is 0 Å². The van der Waals surface area contributed by atoms with Crippen LogP contribution >= 0.6 is 0 Å². The fourth-order valence-corrected chi connectivity index (χ4v) is 2.88. The van der Waals surface area contributed by atoms with Gasteiger partial charge in [-0.15, -0.1) is 0 Å². The van der Waals surface area contributed by atoms with E-state index in [1.54, 1.807) is 19.4 Å². The van der Waals surface area contributed by atoms with Crippen molar-refractivity contribution < 1.29 is 13.9 Å². The Kier molecular flexibility index (Phi) is 4.98. The van der Waals surface area contributed by atoms with Crippen molar-refractivity contribution in [3.8, 4) is 5.88 Å². The number of furan rings is 1. The third-order valence-corrected chi connectivity index (χ3v) is 4.12. The third-order valence-electron chi connectivity index (χ3n) is 4.12. The predicted molar refractivity (Wildman–Crippen MR) is 88.8 cm³/mol. The number of aryl methyl sites for hydroxylation is 1. The zero-order valence-corrected chi connectivity index (χ0v) is 14.0. The van der Waals surface area contributed by atoms with Crippen molar-refractivity contribution in [1.82, 2.24) is 15.3 Å². The minimum atomic E-state index is -0.0798. The molecule has 3 heterocycles. The molecular weight excluding hydrogens is 308 g/mol. The molecule has 0 bridgehead atoms. The van der Waals surface area contributed by atoms with E-state index < -0.39 is 0 Å². The van der Waals surface area contributed by atoms with Gasteiger partial charge in [0, 0.05) is 24.8 Å². The van der Waals surface area contributed by atoms with E-state index in [-0.39, 0.29) is 11.8 Å². The number of nitrogens with one attached hydrogen (secondary N) is 1. The van der Waals surface area contributed by atoms with Crippen LogP contribution in [0.4, 0.5) is 5.95 Å². The lowest BCUT2D eigenvalue weighted by Gasteiger charge is -2.32. The second-order valence-corrected chi connectivity index (χ2v) is 5.93. The first kappa shape index (κ1) is 16.3. The van der Waals surface area contributed by atoms with E-state index in [0.717, 1.165) is 30.8 Å². The van der Waals surface area contributed by atoms with Crippen LogP contribution in [0.1, 0.15) is 24.3 Å². The van der Waals surface area contributed by atoms with E-state index in [4.69, 9.17) is 9.15 Å². The van der Waals surface area contributed by atoms with Crippen LogP contribution in [0.3, 0.4) is 0 Å². The van der Waals surface area contributed by atoms with Crippen molar-refractivity contribution in [1.29, 1.82) is 0 Å². The molecule has 2 aromatic heterocycles. The average molecular weight is 330 g/mol. The number of ether oxygens (including phenoxy) is 1. The molecule has 0 spiro atoms. The number of carbonyl (C=O) groups excluding carboxylic acids is 1. The molecule has 3 rings (SSSR count). The quantitative estimate of drug-likeness (QED) is 0.902. The minimum Gasteiger partial charge on any atom is -0.481 e. The Morgan fingerprint density at radius 1 is 1.50 bits per heavy atom. The van der Waals surface area contributed by atoms with Crippen LogP contribution in [0.15, 0.2) is 28.9 Å². The van der Waals surface area contributed by atoms with Crippen molar-refractivity contribution in [2.45, 2.75) is 26.3 Å². The van der Waals surface area contributed by atoms with Gasteiger partial charge in [-0.05, 0) is 31.9 Å². The number of piperidine rings is 1. The number of nitrogens with zero attached hydrogens (tertiary/aromatic N) is 3. The summed E-state index contributed by atoms with van der Waals surface area (Å²) < 4.78 is 10.5. The molecule has 0 aromatic carbocycles. The van der Waals surface area contributed by atoms with Gasteiger partial charge in [-0.2, -0.15) is 4.98 Å². The van der Waals surface area contributed by atoms with Gasteiger partial charge < -0.3 is 19.4 Å². The third kappa shape index (κ3) is 3.84. The van der Waals surface area contributed by atoms with Crippen molar-refractivity contribution in [3.05, 3.63) is 35.9 Å². The highest BCUT2D eigenvalue weighted by Crippen LogP contribution is 2.22. The molecule has 24 heavy (non-hydrogen) atoms. The summed E-state index contributed by atoms with van der Waals surface area (Å²) in [6.45, 7) is 3.77. The number of amides is 1. The van der Waals surface area contributed by atoms with Crippen LogP contribution in [0, 0.1) is 12.8 Å². The lowest BCUT2D eigenvalue weighted by atomic mass is 9.97. The fourth-order valence-electron chi connectivity index (χ4n) is 2.88. The van der Waals surface area contributed by atoms with Crippen LogP contribution in [0.2, 0.25) is 0 Å². The van der Waals surface area contributed by atoms with Gasteiger partial charge in [0.05, 0.1) is 25.8 Å². The monoisotopic (exact) mass is 330 g/mol. The number of hydrogen-bond acceptors (Lipinski definition) is 6. The van der Waals surface area contributed by atoms with Gasteiger partial charge in [0.1, 0.15) is 5.76 Å². The smallest absolute Gasteiger partial charge is 0.228 e. The minimum absolute atomic E-state index is 0.0377. The van der Waals surface area contributed by atoms with Gasteiger partial charge in [-0.25, -0.2) is 4.98 Å². The van der Waals surface area contributed by atoms with Gasteiger partial charge >= 0.3 is 0 Å². The second-order valence-electron chi connectivity index (χ2n) is 5.93. The van der Waals surface area contributed by atoms with E-state index in [1.165, 1.54) is 0 Å². The highest BCUT2D eigenvalue weighted by molar-refractivity contribution is 5.79. The number of hydrogen-bond donors (Lipinski definition) is 1. The van der Waals surface area contributed by atoms with Gasteiger partial charge in [0.25, 0.3) is 0 Å². The first-order valence-electron chi connectivity index (χ1n) is 8.10. The molecule has 128 valence electrons. The number of carbonyl (C=O) groups is 1. The maximum Gasteiger partial charge on any atom is 0.228 e. The van der Waals surface area contributed by atoms with Gasteiger partial charge in [-0.1, -0.05) is 0 Å². The molecule has 1 aliphatic rings.